The van der Waals surface area contributed by atoms with Crippen molar-refractivity contribution in [3.8, 4) is 0 Å². The number of hydrogen-bond donors (Lipinski definition) is 1. The summed E-state index contributed by atoms with van der Waals surface area (Å²) in [4.78, 5) is 4.48. The summed E-state index contributed by atoms with van der Waals surface area (Å²) >= 11 is 0. The van der Waals surface area contributed by atoms with Gasteiger partial charge in [0.1, 0.15) is 0 Å². The van der Waals surface area contributed by atoms with E-state index in [9.17, 15) is 0 Å². The van der Waals surface area contributed by atoms with Crippen LogP contribution in [-0.4, -0.2) is 11.0 Å². The van der Waals surface area contributed by atoms with Gasteiger partial charge in [-0.2, -0.15) is 0 Å². The second-order valence-electron chi connectivity index (χ2n) is 4.91. The Morgan fingerprint density at radius 3 is 2.73 bits per heavy atom. The molecule has 1 saturated carbocycles. The Morgan fingerprint density at radius 2 is 2.20 bits per heavy atom. The van der Waals surface area contributed by atoms with Crippen LogP contribution in [-0.2, 0) is 13.0 Å². The van der Waals surface area contributed by atoms with Gasteiger partial charge >= 0.3 is 0 Å². The van der Waals surface area contributed by atoms with Crippen LogP contribution in [0.15, 0.2) is 18.3 Å². The van der Waals surface area contributed by atoms with Gasteiger partial charge in [-0.25, -0.2) is 0 Å². The Labute approximate surface area is 92.1 Å². The average molecular weight is 204 g/mol. The van der Waals surface area contributed by atoms with Crippen molar-refractivity contribution in [3.05, 3.63) is 29.6 Å². The van der Waals surface area contributed by atoms with Gasteiger partial charge in [0.15, 0.2) is 0 Å². The van der Waals surface area contributed by atoms with Crippen LogP contribution in [0.2, 0.25) is 0 Å². The lowest BCUT2D eigenvalue weighted by Gasteiger charge is -2.06. The molecule has 0 saturated heterocycles. The Bertz CT molecular complexity index is 299. The van der Waals surface area contributed by atoms with Gasteiger partial charge in [-0.15, -0.1) is 0 Å². The summed E-state index contributed by atoms with van der Waals surface area (Å²) in [5, 5.41) is 3.49. The molecule has 0 unspecified atom stereocenters. The maximum absolute atomic E-state index is 4.48. The molecule has 0 amide bonds. The van der Waals surface area contributed by atoms with Crippen LogP contribution in [0.3, 0.4) is 0 Å². The van der Waals surface area contributed by atoms with Crippen LogP contribution in [0.4, 0.5) is 0 Å². The summed E-state index contributed by atoms with van der Waals surface area (Å²) in [5.74, 6) is 0.688. The van der Waals surface area contributed by atoms with Gasteiger partial charge < -0.3 is 5.32 Å². The number of nitrogens with one attached hydrogen (secondary N) is 1. The molecular formula is C13H20N2. The van der Waals surface area contributed by atoms with E-state index in [1.807, 2.05) is 6.20 Å². The monoisotopic (exact) mass is 204 g/mol. The summed E-state index contributed by atoms with van der Waals surface area (Å²) in [6.07, 6.45) is 5.78. The molecule has 1 aromatic heterocycles. The number of rotatable bonds is 5. The maximum Gasteiger partial charge on any atom is 0.0406 e. The van der Waals surface area contributed by atoms with Crippen LogP contribution in [0, 0.1) is 5.92 Å². The standard InChI is InChI=1S/C13H20N2/c1-10(2)7-13-4-3-11(9-15-13)8-14-12-5-6-12/h3-4,9-10,12,14H,5-8H2,1-2H3. The molecule has 0 atom stereocenters. The van der Waals surface area contributed by atoms with E-state index in [4.69, 9.17) is 0 Å². The summed E-state index contributed by atoms with van der Waals surface area (Å²) < 4.78 is 0. The molecule has 0 aliphatic heterocycles. The van der Waals surface area contributed by atoms with Crippen molar-refractivity contribution in [2.45, 2.75) is 45.7 Å². The van der Waals surface area contributed by atoms with Gasteiger partial charge in [0, 0.05) is 24.5 Å². The van der Waals surface area contributed by atoms with Crippen molar-refractivity contribution >= 4 is 0 Å². The molecule has 1 aromatic rings. The van der Waals surface area contributed by atoms with E-state index in [-0.39, 0.29) is 0 Å². The van der Waals surface area contributed by atoms with E-state index in [0.29, 0.717) is 5.92 Å². The molecule has 15 heavy (non-hydrogen) atoms. The molecule has 2 heteroatoms. The fraction of sp³-hybridized carbons (Fsp3) is 0.615. The predicted molar refractivity (Wildman–Crippen MR) is 62.6 cm³/mol. The van der Waals surface area contributed by atoms with Crippen LogP contribution >= 0.6 is 0 Å². The van der Waals surface area contributed by atoms with E-state index < -0.39 is 0 Å². The minimum Gasteiger partial charge on any atom is -0.310 e. The first-order valence-corrected chi connectivity index (χ1v) is 5.91. The Hall–Kier alpha value is -0.890. The predicted octanol–water partition coefficient (Wildman–Crippen LogP) is 2.53. The fourth-order valence-corrected chi connectivity index (χ4v) is 1.65. The van der Waals surface area contributed by atoms with E-state index in [1.165, 1.54) is 24.1 Å². The van der Waals surface area contributed by atoms with Crippen molar-refractivity contribution in [2.24, 2.45) is 5.92 Å². The molecule has 1 heterocycles. The first kappa shape index (κ1) is 10.6. The highest BCUT2D eigenvalue weighted by Crippen LogP contribution is 2.19. The van der Waals surface area contributed by atoms with E-state index >= 15 is 0 Å². The molecule has 82 valence electrons. The van der Waals surface area contributed by atoms with Gasteiger partial charge in [-0.1, -0.05) is 19.9 Å². The van der Waals surface area contributed by atoms with Crippen molar-refractivity contribution in [2.75, 3.05) is 0 Å². The normalized spacial score (nSPS) is 15.9. The zero-order valence-electron chi connectivity index (χ0n) is 9.66. The van der Waals surface area contributed by atoms with Crippen LogP contribution in [0.5, 0.6) is 0 Å². The second kappa shape index (κ2) is 4.75. The highest BCUT2D eigenvalue weighted by Gasteiger charge is 2.19. The molecule has 0 spiro atoms. The third-order valence-electron chi connectivity index (χ3n) is 2.68. The number of pyridine rings is 1. The first-order valence-electron chi connectivity index (χ1n) is 5.91. The SMILES string of the molecule is CC(C)Cc1ccc(CNC2CC2)cn1. The van der Waals surface area contributed by atoms with Crippen molar-refractivity contribution < 1.29 is 0 Å². The highest BCUT2D eigenvalue weighted by atomic mass is 14.9. The summed E-state index contributed by atoms with van der Waals surface area (Å²) in [7, 11) is 0. The van der Waals surface area contributed by atoms with E-state index in [0.717, 1.165) is 19.0 Å². The van der Waals surface area contributed by atoms with Crippen LogP contribution in [0.1, 0.15) is 37.9 Å². The van der Waals surface area contributed by atoms with Gasteiger partial charge in [0.05, 0.1) is 0 Å². The zero-order valence-corrected chi connectivity index (χ0v) is 9.66. The van der Waals surface area contributed by atoms with E-state index in [1.54, 1.807) is 0 Å². The zero-order chi connectivity index (χ0) is 10.7. The molecular weight excluding hydrogens is 184 g/mol. The highest BCUT2D eigenvalue weighted by molar-refractivity contribution is 5.14. The Balaban J connectivity index is 1.85. The molecule has 0 radical (unpaired) electrons. The number of aromatic nitrogens is 1. The van der Waals surface area contributed by atoms with Gasteiger partial charge in [0.2, 0.25) is 0 Å². The third-order valence-corrected chi connectivity index (χ3v) is 2.68. The molecule has 0 aromatic carbocycles. The molecule has 2 nitrogen and oxygen atoms in total. The quantitative estimate of drug-likeness (QED) is 0.797. The van der Waals surface area contributed by atoms with Crippen LogP contribution in [0.25, 0.3) is 0 Å². The molecule has 2 rings (SSSR count). The first-order chi connectivity index (χ1) is 7.24. The number of nitrogens with zero attached hydrogens (tertiary/aromatic N) is 1. The van der Waals surface area contributed by atoms with E-state index in [2.05, 4.69) is 36.3 Å². The average Bonchev–Trinajstić information content (AvgIpc) is 2.99. The summed E-state index contributed by atoms with van der Waals surface area (Å²) in [5.41, 5.74) is 2.51. The summed E-state index contributed by atoms with van der Waals surface area (Å²) in [6.45, 7) is 5.42. The second-order valence-corrected chi connectivity index (χ2v) is 4.91. The summed E-state index contributed by atoms with van der Waals surface area (Å²) in [6, 6.07) is 5.13. The number of hydrogen-bond acceptors (Lipinski definition) is 2. The molecule has 0 bridgehead atoms. The molecule has 1 aliphatic carbocycles. The Morgan fingerprint density at radius 1 is 1.40 bits per heavy atom. The van der Waals surface area contributed by atoms with Gasteiger partial charge in [-0.05, 0) is 36.8 Å². The van der Waals surface area contributed by atoms with Gasteiger partial charge in [0.25, 0.3) is 0 Å². The minimum atomic E-state index is 0.688. The fourth-order valence-electron chi connectivity index (χ4n) is 1.65. The lowest BCUT2D eigenvalue weighted by molar-refractivity contribution is 0.633. The smallest absolute Gasteiger partial charge is 0.0406 e. The molecule has 1 aliphatic rings. The molecule has 1 fully saturated rings. The third kappa shape index (κ3) is 3.63. The van der Waals surface area contributed by atoms with Gasteiger partial charge in [-0.3, -0.25) is 4.98 Å². The van der Waals surface area contributed by atoms with Crippen molar-refractivity contribution in [1.29, 1.82) is 0 Å². The van der Waals surface area contributed by atoms with Crippen LogP contribution < -0.4 is 5.32 Å². The lowest BCUT2D eigenvalue weighted by Crippen LogP contribution is -2.15. The largest absolute Gasteiger partial charge is 0.310 e. The topological polar surface area (TPSA) is 24.9 Å². The van der Waals surface area contributed by atoms with Crippen molar-refractivity contribution in [1.82, 2.24) is 10.3 Å². The maximum atomic E-state index is 4.48. The Kier molecular flexibility index (Phi) is 3.37. The minimum absolute atomic E-state index is 0.688. The molecule has 1 N–H and O–H groups in total. The lowest BCUT2D eigenvalue weighted by atomic mass is 10.1. The van der Waals surface area contributed by atoms with Crippen molar-refractivity contribution in [3.63, 3.8) is 0 Å².